The molecule has 20 heavy (non-hydrogen) atoms. The van der Waals surface area contributed by atoms with E-state index in [2.05, 4.69) is 57.6 Å². The summed E-state index contributed by atoms with van der Waals surface area (Å²) in [4.78, 5) is 0. The summed E-state index contributed by atoms with van der Waals surface area (Å²) in [6, 6.07) is 15.3. The minimum Gasteiger partial charge on any atom is -0.496 e. The molecular formula is C17H18BrNO. The first-order valence-electron chi connectivity index (χ1n) is 6.96. The van der Waals surface area contributed by atoms with Crippen LogP contribution in [0.1, 0.15) is 30.0 Å². The fourth-order valence-electron chi connectivity index (χ4n) is 2.86. The van der Waals surface area contributed by atoms with E-state index in [-0.39, 0.29) is 0 Å². The average Bonchev–Trinajstić information content (AvgIpc) is 2.48. The summed E-state index contributed by atoms with van der Waals surface area (Å²) in [5.74, 6) is 0.861. The van der Waals surface area contributed by atoms with Crippen LogP contribution in [0.25, 0.3) is 0 Å². The summed E-state index contributed by atoms with van der Waals surface area (Å²) in [5.41, 5.74) is 4.04. The molecule has 3 heteroatoms. The molecule has 0 saturated carbocycles. The van der Waals surface area contributed by atoms with Gasteiger partial charge in [-0.3, -0.25) is 0 Å². The Kier molecular flexibility index (Phi) is 3.97. The Labute approximate surface area is 128 Å². The number of hydrogen-bond donors (Lipinski definition) is 1. The lowest BCUT2D eigenvalue weighted by Gasteiger charge is -2.27. The van der Waals surface area contributed by atoms with Crippen molar-refractivity contribution in [3.63, 3.8) is 0 Å². The van der Waals surface area contributed by atoms with Crippen LogP contribution in [0.15, 0.2) is 46.9 Å². The number of hydrogen-bond acceptors (Lipinski definition) is 2. The molecule has 0 radical (unpaired) electrons. The third kappa shape index (κ3) is 2.68. The van der Waals surface area contributed by atoms with Crippen LogP contribution in [0.2, 0.25) is 0 Å². The molecule has 0 fully saturated rings. The summed E-state index contributed by atoms with van der Waals surface area (Å²) < 4.78 is 6.25. The molecule has 0 spiro atoms. The van der Waals surface area contributed by atoms with Crippen molar-refractivity contribution in [3.8, 4) is 5.75 Å². The Morgan fingerprint density at radius 2 is 2.05 bits per heavy atom. The molecule has 2 aromatic rings. The lowest BCUT2D eigenvalue weighted by molar-refractivity contribution is 0.412. The van der Waals surface area contributed by atoms with Crippen LogP contribution in [0, 0.1) is 0 Å². The number of fused-ring (bicyclic) bond motifs is 1. The molecule has 0 bridgehead atoms. The van der Waals surface area contributed by atoms with E-state index in [0.717, 1.165) is 15.9 Å². The van der Waals surface area contributed by atoms with Gasteiger partial charge in [0.2, 0.25) is 0 Å². The first-order chi connectivity index (χ1) is 9.78. The van der Waals surface area contributed by atoms with Gasteiger partial charge >= 0.3 is 0 Å². The molecule has 0 aromatic heterocycles. The standard InChI is InChI=1S/C17H18BrNO/c1-20-17-10-9-13(11-15(17)18)19-16-8-4-6-12-5-2-3-7-14(12)16/h2-3,5,7,9-11,16,19H,4,6,8H2,1H3. The molecule has 104 valence electrons. The van der Waals surface area contributed by atoms with Crippen molar-refractivity contribution in [2.24, 2.45) is 0 Å². The second-order valence-corrected chi connectivity index (χ2v) is 5.99. The van der Waals surface area contributed by atoms with E-state index >= 15 is 0 Å². The normalized spacial score (nSPS) is 17.4. The summed E-state index contributed by atoms with van der Waals surface area (Å²) in [5, 5.41) is 3.64. The van der Waals surface area contributed by atoms with Crippen LogP contribution >= 0.6 is 15.9 Å². The number of nitrogens with one attached hydrogen (secondary N) is 1. The number of anilines is 1. The Bertz CT molecular complexity index is 612. The molecule has 1 aliphatic carbocycles. The van der Waals surface area contributed by atoms with E-state index in [9.17, 15) is 0 Å². The number of benzene rings is 2. The predicted octanol–water partition coefficient (Wildman–Crippen LogP) is 4.95. The first kappa shape index (κ1) is 13.5. The van der Waals surface area contributed by atoms with Crippen LogP contribution in [0.5, 0.6) is 5.75 Å². The molecule has 0 amide bonds. The molecule has 0 aliphatic heterocycles. The molecule has 3 rings (SSSR count). The quantitative estimate of drug-likeness (QED) is 0.859. The van der Waals surface area contributed by atoms with Crippen molar-refractivity contribution in [2.75, 3.05) is 12.4 Å². The molecule has 0 saturated heterocycles. The maximum atomic E-state index is 5.27. The highest BCUT2D eigenvalue weighted by atomic mass is 79.9. The van der Waals surface area contributed by atoms with E-state index in [1.54, 1.807) is 7.11 Å². The molecule has 0 heterocycles. The van der Waals surface area contributed by atoms with Gasteiger partial charge in [0.05, 0.1) is 17.6 Å². The molecule has 1 unspecified atom stereocenters. The number of rotatable bonds is 3. The zero-order valence-corrected chi connectivity index (χ0v) is 13.1. The fraction of sp³-hybridized carbons (Fsp3) is 0.294. The Balaban J connectivity index is 1.84. The Hall–Kier alpha value is -1.48. The minimum atomic E-state index is 0.403. The lowest BCUT2D eigenvalue weighted by Crippen LogP contribution is -2.17. The van der Waals surface area contributed by atoms with Crippen LogP contribution in [-0.2, 0) is 6.42 Å². The molecule has 1 atom stereocenters. The minimum absolute atomic E-state index is 0.403. The highest BCUT2D eigenvalue weighted by Crippen LogP contribution is 2.34. The van der Waals surface area contributed by atoms with Gasteiger partial charge in [0.1, 0.15) is 5.75 Å². The third-order valence-corrected chi connectivity index (χ3v) is 4.48. The van der Waals surface area contributed by atoms with E-state index in [1.807, 2.05) is 6.07 Å². The van der Waals surface area contributed by atoms with Gasteiger partial charge in [-0.05, 0) is 64.5 Å². The smallest absolute Gasteiger partial charge is 0.133 e. The van der Waals surface area contributed by atoms with Gasteiger partial charge in [-0.1, -0.05) is 24.3 Å². The van der Waals surface area contributed by atoms with E-state index < -0.39 is 0 Å². The average molecular weight is 332 g/mol. The molecule has 2 aromatic carbocycles. The van der Waals surface area contributed by atoms with Gasteiger partial charge in [-0.15, -0.1) is 0 Å². The zero-order valence-electron chi connectivity index (χ0n) is 11.5. The predicted molar refractivity (Wildman–Crippen MR) is 86.4 cm³/mol. The lowest BCUT2D eigenvalue weighted by atomic mass is 9.87. The van der Waals surface area contributed by atoms with E-state index in [0.29, 0.717) is 6.04 Å². The molecule has 2 nitrogen and oxygen atoms in total. The zero-order chi connectivity index (χ0) is 13.9. The van der Waals surface area contributed by atoms with Gasteiger partial charge < -0.3 is 10.1 Å². The van der Waals surface area contributed by atoms with Gasteiger partial charge in [0.15, 0.2) is 0 Å². The Morgan fingerprint density at radius 1 is 1.20 bits per heavy atom. The maximum absolute atomic E-state index is 5.27. The van der Waals surface area contributed by atoms with Crippen LogP contribution in [0.4, 0.5) is 5.69 Å². The number of aryl methyl sites for hydroxylation is 1. The first-order valence-corrected chi connectivity index (χ1v) is 7.75. The van der Waals surface area contributed by atoms with Crippen molar-refractivity contribution in [1.82, 2.24) is 0 Å². The van der Waals surface area contributed by atoms with Crippen LogP contribution in [0.3, 0.4) is 0 Å². The van der Waals surface area contributed by atoms with Crippen molar-refractivity contribution >= 4 is 21.6 Å². The number of ether oxygens (including phenoxy) is 1. The number of methoxy groups -OCH3 is 1. The van der Waals surface area contributed by atoms with Gasteiger partial charge in [0.25, 0.3) is 0 Å². The maximum Gasteiger partial charge on any atom is 0.133 e. The molecule has 1 aliphatic rings. The fourth-order valence-corrected chi connectivity index (χ4v) is 3.40. The highest BCUT2D eigenvalue weighted by molar-refractivity contribution is 9.10. The van der Waals surface area contributed by atoms with Crippen molar-refractivity contribution in [2.45, 2.75) is 25.3 Å². The monoisotopic (exact) mass is 331 g/mol. The van der Waals surface area contributed by atoms with E-state index in [4.69, 9.17) is 4.74 Å². The number of halogens is 1. The second-order valence-electron chi connectivity index (χ2n) is 5.14. The summed E-state index contributed by atoms with van der Waals surface area (Å²) in [6.45, 7) is 0. The van der Waals surface area contributed by atoms with E-state index in [1.165, 1.54) is 30.4 Å². The van der Waals surface area contributed by atoms with Gasteiger partial charge in [0, 0.05) is 5.69 Å². The summed E-state index contributed by atoms with van der Waals surface area (Å²) in [6.07, 6.45) is 3.62. The summed E-state index contributed by atoms with van der Waals surface area (Å²) >= 11 is 3.54. The van der Waals surface area contributed by atoms with Gasteiger partial charge in [-0.2, -0.15) is 0 Å². The second kappa shape index (κ2) is 5.88. The molecule has 1 N–H and O–H groups in total. The van der Waals surface area contributed by atoms with Gasteiger partial charge in [-0.25, -0.2) is 0 Å². The molecular weight excluding hydrogens is 314 g/mol. The van der Waals surface area contributed by atoms with Crippen molar-refractivity contribution < 1.29 is 4.74 Å². The van der Waals surface area contributed by atoms with Crippen LogP contribution in [-0.4, -0.2) is 7.11 Å². The summed E-state index contributed by atoms with van der Waals surface area (Å²) in [7, 11) is 1.69. The van der Waals surface area contributed by atoms with Crippen LogP contribution < -0.4 is 10.1 Å². The SMILES string of the molecule is COc1ccc(NC2CCCc3ccccc32)cc1Br. The largest absolute Gasteiger partial charge is 0.496 e. The van der Waals surface area contributed by atoms with Crippen molar-refractivity contribution in [1.29, 1.82) is 0 Å². The van der Waals surface area contributed by atoms with Crippen molar-refractivity contribution in [3.05, 3.63) is 58.1 Å². The highest BCUT2D eigenvalue weighted by Gasteiger charge is 2.19. The Morgan fingerprint density at radius 3 is 2.85 bits per heavy atom. The topological polar surface area (TPSA) is 21.3 Å². The third-order valence-electron chi connectivity index (χ3n) is 3.86.